The van der Waals surface area contributed by atoms with Crippen LogP contribution in [0.1, 0.15) is 24.2 Å². The molecule has 1 aromatic rings. The van der Waals surface area contributed by atoms with Crippen molar-refractivity contribution in [1.29, 1.82) is 0 Å². The number of nitrogens with zero attached hydrogens (tertiary/aromatic N) is 2. The van der Waals surface area contributed by atoms with E-state index in [-0.39, 0.29) is 12.4 Å². The van der Waals surface area contributed by atoms with Gasteiger partial charge in [-0.3, -0.25) is 9.88 Å². The van der Waals surface area contributed by atoms with Gasteiger partial charge in [0, 0.05) is 37.0 Å². The van der Waals surface area contributed by atoms with Gasteiger partial charge in [-0.05, 0) is 26.3 Å². The van der Waals surface area contributed by atoms with Gasteiger partial charge in [0.1, 0.15) is 5.75 Å². The largest absolute Gasteiger partial charge is 0.497 e. The van der Waals surface area contributed by atoms with Crippen LogP contribution in [0.5, 0.6) is 5.75 Å². The van der Waals surface area contributed by atoms with Gasteiger partial charge in [-0.1, -0.05) is 0 Å². The maximum atomic E-state index is 5.98. The first-order valence-corrected chi connectivity index (χ1v) is 6.17. The van der Waals surface area contributed by atoms with E-state index in [1.807, 2.05) is 19.1 Å². The smallest absolute Gasteiger partial charge is 0.122 e. The van der Waals surface area contributed by atoms with E-state index in [1.54, 1.807) is 7.11 Å². The van der Waals surface area contributed by atoms with Crippen molar-refractivity contribution in [2.75, 3.05) is 20.2 Å². The van der Waals surface area contributed by atoms with Crippen molar-refractivity contribution in [3.05, 3.63) is 23.5 Å². The minimum atomic E-state index is 0. The molecule has 0 bridgehead atoms. The summed E-state index contributed by atoms with van der Waals surface area (Å²) < 4.78 is 5.26. The Bertz CT molecular complexity index is 386. The molecule has 1 atom stereocenters. The van der Waals surface area contributed by atoms with Crippen LogP contribution in [0.4, 0.5) is 0 Å². The highest BCUT2D eigenvalue weighted by Crippen LogP contribution is 2.16. The van der Waals surface area contributed by atoms with Crippen LogP contribution in [0, 0.1) is 6.92 Å². The standard InChI is InChI=1S/C13H21N3O.ClH/c1-10-6-13(17-2)7-12(15-10)9-16-5-3-4-11(14)8-16;/h6-7,11H,3-5,8-9,14H2,1-2H3;1H/t11-;/m1./s1. The molecule has 1 aliphatic heterocycles. The number of rotatable bonds is 3. The first-order valence-electron chi connectivity index (χ1n) is 6.17. The molecule has 0 amide bonds. The average molecular weight is 272 g/mol. The number of nitrogens with two attached hydrogens (primary N) is 1. The zero-order valence-electron chi connectivity index (χ0n) is 11.1. The van der Waals surface area contributed by atoms with E-state index in [0.29, 0.717) is 6.04 Å². The number of ether oxygens (including phenoxy) is 1. The molecule has 1 saturated heterocycles. The number of halogens is 1. The van der Waals surface area contributed by atoms with Crippen LogP contribution in [0.15, 0.2) is 12.1 Å². The topological polar surface area (TPSA) is 51.4 Å². The van der Waals surface area contributed by atoms with Crippen LogP contribution in [-0.4, -0.2) is 36.1 Å². The normalized spacial score (nSPS) is 20.3. The maximum Gasteiger partial charge on any atom is 0.122 e. The fourth-order valence-electron chi connectivity index (χ4n) is 2.37. The molecule has 18 heavy (non-hydrogen) atoms. The van der Waals surface area contributed by atoms with E-state index in [2.05, 4.69) is 9.88 Å². The molecule has 0 spiro atoms. The number of likely N-dealkylation sites (tertiary alicyclic amines) is 1. The van der Waals surface area contributed by atoms with Crippen LogP contribution in [0.3, 0.4) is 0 Å². The highest BCUT2D eigenvalue weighted by Gasteiger charge is 2.17. The van der Waals surface area contributed by atoms with E-state index in [9.17, 15) is 0 Å². The van der Waals surface area contributed by atoms with Crippen molar-refractivity contribution < 1.29 is 4.74 Å². The number of hydrogen-bond acceptors (Lipinski definition) is 4. The SMILES string of the molecule is COc1cc(C)nc(CN2CCC[C@@H](N)C2)c1.Cl. The third kappa shape index (κ3) is 4.12. The molecular formula is C13H22ClN3O. The first-order chi connectivity index (χ1) is 8.17. The predicted molar refractivity (Wildman–Crippen MR) is 75.3 cm³/mol. The number of hydrogen-bond donors (Lipinski definition) is 1. The summed E-state index contributed by atoms with van der Waals surface area (Å²) in [6.45, 7) is 4.95. The van der Waals surface area contributed by atoms with Crippen molar-refractivity contribution in [2.24, 2.45) is 5.73 Å². The van der Waals surface area contributed by atoms with Gasteiger partial charge >= 0.3 is 0 Å². The molecular weight excluding hydrogens is 250 g/mol. The molecule has 2 N–H and O–H groups in total. The molecule has 2 heterocycles. The third-order valence-corrected chi connectivity index (χ3v) is 3.14. The molecule has 0 aromatic carbocycles. The van der Waals surface area contributed by atoms with Crippen molar-refractivity contribution >= 4 is 12.4 Å². The Morgan fingerprint density at radius 1 is 1.50 bits per heavy atom. The Morgan fingerprint density at radius 3 is 2.94 bits per heavy atom. The van der Waals surface area contributed by atoms with Gasteiger partial charge in [0.2, 0.25) is 0 Å². The average Bonchev–Trinajstić information content (AvgIpc) is 2.28. The summed E-state index contributed by atoms with van der Waals surface area (Å²) in [5.74, 6) is 0.883. The quantitative estimate of drug-likeness (QED) is 0.910. The minimum Gasteiger partial charge on any atom is -0.497 e. The molecule has 0 radical (unpaired) electrons. The molecule has 1 fully saturated rings. The number of methoxy groups -OCH3 is 1. The molecule has 5 heteroatoms. The number of aromatic nitrogens is 1. The van der Waals surface area contributed by atoms with Gasteiger partial charge in [0.05, 0.1) is 12.8 Å². The van der Waals surface area contributed by atoms with Gasteiger partial charge in [0.25, 0.3) is 0 Å². The van der Waals surface area contributed by atoms with Crippen molar-refractivity contribution in [2.45, 2.75) is 32.4 Å². The Labute approximate surface area is 115 Å². The molecule has 2 rings (SSSR count). The minimum absolute atomic E-state index is 0. The predicted octanol–water partition coefficient (Wildman–Crippen LogP) is 1.74. The van der Waals surface area contributed by atoms with Gasteiger partial charge in [0.15, 0.2) is 0 Å². The van der Waals surface area contributed by atoms with Gasteiger partial charge < -0.3 is 10.5 Å². The van der Waals surface area contributed by atoms with E-state index < -0.39 is 0 Å². The third-order valence-electron chi connectivity index (χ3n) is 3.14. The monoisotopic (exact) mass is 271 g/mol. The Kier molecular flexibility index (Phi) is 5.85. The van der Waals surface area contributed by atoms with E-state index in [1.165, 1.54) is 6.42 Å². The molecule has 1 aliphatic rings. The van der Waals surface area contributed by atoms with Crippen molar-refractivity contribution in [1.82, 2.24) is 9.88 Å². The highest BCUT2D eigenvalue weighted by atomic mass is 35.5. The van der Waals surface area contributed by atoms with Crippen LogP contribution < -0.4 is 10.5 Å². The lowest BCUT2D eigenvalue weighted by atomic mass is 10.1. The second kappa shape index (κ2) is 6.92. The summed E-state index contributed by atoms with van der Waals surface area (Å²) in [5.41, 5.74) is 8.04. The lowest BCUT2D eigenvalue weighted by molar-refractivity contribution is 0.199. The lowest BCUT2D eigenvalue weighted by Crippen LogP contribution is -2.42. The Balaban J connectivity index is 0.00000162. The number of pyridine rings is 1. The van der Waals surface area contributed by atoms with E-state index in [0.717, 1.165) is 43.2 Å². The summed E-state index contributed by atoms with van der Waals surface area (Å²) in [5, 5.41) is 0. The second-order valence-corrected chi connectivity index (χ2v) is 4.78. The second-order valence-electron chi connectivity index (χ2n) is 4.78. The first kappa shape index (κ1) is 15.2. The number of aryl methyl sites for hydroxylation is 1. The summed E-state index contributed by atoms with van der Waals surface area (Å²) in [4.78, 5) is 6.91. The molecule has 0 unspecified atom stereocenters. The Hall–Kier alpha value is -0.840. The van der Waals surface area contributed by atoms with Gasteiger partial charge in [-0.2, -0.15) is 0 Å². The summed E-state index contributed by atoms with van der Waals surface area (Å²) in [7, 11) is 1.69. The van der Waals surface area contributed by atoms with Gasteiger partial charge in [-0.25, -0.2) is 0 Å². The van der Waals surface area contributed by atoms with Crippen LogP contribution in [-0.2, 0) is 6.54 Å². The lowest BCUT2D eigenvalue weighted by Gasteiger charge is -2.30. The van der Waals surface area contributed by atoms with E-state index in [4.69, 9.17) is 10.5 Å². The van der Waals surface area contributed by atoms with Crippen molar-refractivity contribution in [3.8, 4) is 5.75 Å². The molecule has 0 saturated carbocycles. The summed E-state index contributed by atoms with van der Waals surface area (Å²) in [6, 6.07) is 4.27. The maximum absolute atomic E-state index is 5.98. The highest BCUT2D eigenvalue weighted by molar-refractivity contribution is 5.85. The van der Waals surface area contributed by atoms with Crippen molar-refractivity contribution in [3.63, 3.8) is 0 Å². The van der Waals surface area contributed by atoms with Gasteiger partial charge in [-0.15, -0.1) is 12.4 Å². The zero-order chi connectivity index (χ0) is 12.3. The number of piperidine rings is 1. The molecule has 1 aromatic heterocycles. The Morgan fingerprint density at radius 2 is 2.28 bits per heavy atom. The van der Waals surface area contributed by atoms with Crippen LogP contribution in [0.2, 0.25) is 0 Å². The van der Waals surface area contributed by atoms with Crippen LogP contribution >= 0.6 is 12.4 Å². The molecule has 102 valence electrons. The van der Waals surface area contributed by atoms with E-state index >= 15 is 0 Å². The molecule has 0 aliphatic carbocycles. The fourth-order valence-corrected chi connectivity index (χ4v) is 2.37. The summed E-state index contributed by atoms with van der Waals surface area (Å²) >= 11 is 0. The summed E-state index contributed by atoms with van der Waals surface area (Å²) in [6.07, 6.45) is 2.32. The molecule has 4 nitrogen and oxygen atoms in total. The van der Waals surface area contributed by atoms with Crippen LogP contribution in [0.25, 0.3) is 0 Å². The fraction of sp³-hybridized carbons (Fsp3) is 0.615. The zero-order valence-corrected chi connectivity index (χ0v) is 11.9.